The van der Waals surface area contributed by atoms with E-state index in [4.69, 9.17) is 23.4 Å². The summed E-state index contributed by atoms with van der Waals surface area (Å²) in [4.78, 5) is 11.5. The number of fused-ring (bicyclic) bond motifs is 1. The molecule has 0 saturated heterocycles. The quantitative estimate of drug-likeness (QED) is 0.839. The molecule has 3 nitrogen and oxygen atoms in total. The number of carbonyl (C=O) groups is 1. The topological polar surface area (TPSA) is 40.5 Å². The molecule has 0 spiro atoms. The zero-order valence-electron chi connectivity index (χ0n) is 11.0. The monoisotopic (exact) mass is 321 g/mol. The Hall–Kier alpha value is -1.71. The van der Waals surface area contributed by atoms with Crippen LogP contribution in [0.4, 0.5) is 5.69 Å². The van der Waals surface area contributed by atoms with Gasteiger partial charge in [-0.3, -0.25) is 4.42 Å². The number of para-hydroxylation sites is 1. The van der Waals surface area contributed by atoms with Crippen LogP contribution in [0, 0.1) is 0 Å². The van der Waals surface area contributed by atoms with Crippen LogP contribution in [0.25, 0.3) is 0 Å². The van der Waals surface area contributed by atoms with Crippen molar-refractivity contribution in [2.24, 2.45) is 0 Å². The van der Waals surface area contributed by atoms with Crippen molar-refractivity contribution in [1.82, 2.24) is 0 Å². The molecule has 1 aliphatic heterocycles. The third-order valence-electron chi connectivity index (χ3n) is 3.84. The molecule has 21 heavy (non-hydrogen) atoms. The summed E-state index contributed by atoms with van der Waals surface area (Å²) in [5.41, 5.74) is 2.66. The molecule has 0 bridgehead atoms. The number of rotatable bonds is 2. The molecule has 2 aromatic carbocycles. The fraction of sp³-hybridized carbons (Fsp3) is 0.188. The Labute approximate surface area is 132 Å². The summed E-state index contributed by atoms with van der Waals surface area (Å²) in [6, 6.07) is 14.3. The molecular formula is C16H13Cl2NO2. The maximum absolute atomic E-state index is 11.5. The van der Waals surface area contributed by atoms with Crippen molar-refractivity contribution in [3.05, 3.63) is 64.7 Å². The van der Waals surface area contributed by atoms with Gasteiger partial charge in [-0.15, -0.1) is 0 Å². The highest BCUT2D eigenvalue weighted by Crippen LogP contribution is 2.44. The summed E-state index contributed by atoms with van der Waals surface area (Å²) >= 11 is 12.5. The van der Waals surface area contributed by atoms with Crippen LogP contribution in [0.3, 0.4) is 0 Å². The number of anilines is 1. The number of aliphatic carboxylic acids is 1. The fourth-order valence-corrected chi connectivity index (χ4v) is 3.42. The van der Waals surface area contributed by atoms with E-state index < -0.39 is 12.0 Å². The lowest BCUT2D eigenvalue weighted by atomic mass is 9.82. The van der Waals surface area contributed by atoms with Crippen molar-refractivity contribution in [3.63, 3.8) is 0 Å². The van der Waals surface area contributed by atoms with Gasteiger partial charge in [0.1, 0.15) is 6.04 Å². The Balaban J connectivity index is 2.14. The average Bonchev–Trinajstić information content (AvgIpc) is 2.48. The number of hydrogen-bond donors (Lipinski definition) is 1. The molecule has 108 valence electrons. The molecular weight excluding hydrogens is 309 g/mol. The second-order valence-electron chi connectivity index (χ2n) is 5.03. The smallest absolute Gasteiger partial charge is 0.327 e. The van der Waals surface area contributed by atoms with Crippen molar-refractivity contribution in [2.75, 3.05) is 4.42 Å². The first kappa shape index (κ1) is 14.2. The van der Waals surface area contributed by atoms with Crippen LogP contribution in [0.5, 0.6) is 0 Å². The highest BCUT2D eigenvalue weighted by atomic mass is 35.5. The number of halogens is 2. The number of nitrogens with zero attached hydrogens (tertiary/aromatic N) is 1. The number of hydrogen-bond acceptors (Lipinski definition) is 2. The Morgan fingerprint density at radius 2 is 1.71 bits per heavy atom. The van der Waals surface area contributed by atoms with Gasteiger partial charge in [-0.25, -0.2) is 4.79 Å². The molecule has 0 radical (unpaired) electrons. The minimum atomic E-state index is -0.934. The summed E-state index contributed by atoms with van der Waals surface area (Å²) in [6.07, 6.45) is 0.388. The van der Waals surface area contributed by atoms with Gasteiger partial charge in [0.05, 0.1) is 5.69 Å². The third-order valence-corrected chi connectivity index (χ3v) is 4.60. The van der Waals surface area contributed by atoms with E-state index in [1.165, 1.54) is 4.42 Å². The first-order valence-electron chi connectivity index (χ1n) is 6.60. The lowest BCUT2D eigenvalue weighted by molar-refractivity contribution is -0.138. The minimum Gasteiger partial charge on any atom is -0.480 e. The van der Waals surface area contributed by atoms with Crippen LogP contribution in [-0.2, 0) is 4.79 Å². The van der Waals surface area contributed by atoms with Crippen molar-refractivity contribution in [1.29, 1.82) is 0 Å². The van der Waals surface area contributed by atoms with E-state index >= 15 is 0 Å². The van der Waals surface area contributed by atoms with E-state index in [-0.39, 0.29) is 5.92 Å². The Morgan fingerprint density at radius 1 is 1.10 bits per heavy atom. The predicted octanol–water partition coefficient (Wildman–Crippen LogP) is 4.29. The number of benzene rings is 2. The fourth-order valence-electron chi connectivity index (χ4n) is 2.84. The molecule has 0 aliphatic carbocycles. The van der Waals surface area contributed by atoms with Gasteiger partial charge in [0.25, 0.3) is 0 Å². The van der Waals surface area contributed by atoms with Gasteiger partial charge < -0.3 is 5.11 Å². The zero-order chi connectivity index (χ0) is 15.0. The number of carboxylic acids is 1. The third kappa shape index (κ3) is 2.47. The van der Waals surface area contributed by atoms with Gasteiger partial charge in [0.15, 0.2) is 0 Å². The molecule has 3 rings (SSSR count). The second-order valence-corrected chi connectivity index (χ2v) is 5.81. The molecule has 0 amide bonds. The van der Waals surface area contributed by atoms with Crippen LogP contribution < -0.4 is 4.42 Å². The van der Waals surface area contributed by atoms with E-state index in [1.807, 2.05) is 48.5 Å². The number of carboxylic acid groups (broad SMARTS) is 1. The summed E-state index contributed by atoms with van der Waals surface area (Å²) in [7, 11) is 0. The average molecular weight is 322 g/mol. The van der Waals surface area contributed by atoms with Crippen molar-refractivity contribution in [2.45, 2.75) is 18.4 Å². The Kier molecular flexibility index (Phi) is 3.79. The van der Waals surface area contributed by atoms with Crippen LogP contribution in [0.2, 0.25) is 5.02 Å². The molecule has 5 heteroatoms. The maximum Gasteiger partial charge on any atom is 0.327 e. The molecule has 1 heterocycles. The van der Waals surface area contributed by atoms with Crippen LogP contribution in [-0.4, -0.2) is 17.1 Å². The normalized spacial score (nSPS) is 21.0. The predicted molar refractivity (Wildman–Crippen MR) is 84.1 cm³/mol. The van der Waals surface area contributed by atoms with E-state index in [2.05, 4.69) is 0 Å². The summed E-state index contributed by atoms with van der Waals surface area (Å²) in [5, 5.41) is 10.1. The van der Waals surface area contributed by atoms with Gasteiger partial charge in [0, 0.05) is 22.7 Å². The summed E-state index contributed by atoms with van der Waals surface area (Å²) in [5.74, 6) is -1.01. The van der Waals surface area contributed by atoms with Crippen molar-refractivity contribution >= 4 is 35.0 Å². The van der Waals surface area contributed by atoms with E-state index in [9.17, 15) is 9.90 Å². The van der Waals surface area contributed by atoms with Gasteiger partial charge >= 0.3 is 5.97 Å². The van der Waals surface area contributed by atoms with Gasteiger partial charge in [0.2, 0.25) is 0 Å². The summed E-state index contributed by atoms with van der Waals surface area (Å²) < 4.78 is 1.31. The zero-order valence-corrected chi connectivity index (χ0v) is 12.6. The van der Waals surface area contributed by atoms with Crippen LogP contribution >= 0.6 is 23.4 Å². The lowest BCUT2D eigenvalue weighted by Crippen LogP contribution is -2.40. The highest BCUT2D eigenvalue weighted by Gasteiger charge is 2.37. The Bertz CT molecular complexity index is 689. The minimum absolute atomic E-state index is 0.0778. The lowest BCUT2D eigenvalue weighted by Gasteiger charge is -2.36. The van der Waals surface area contributed by atoms with Crippen LogP contribution in [0.15, 0.2) is 48.5 Å². The maximum atomic E-state index is 11.5. The van der Waals surface area contributed by atoms with Crippen molar-refractivity contribution in [3.8, 4) is 0 Å². The van der Waals surface area contributed by atoms with Gasteiger partial charge in [-0.2, -0.15) is 0 Å². The van der Waals surface area contributed by atoms with E-state index in [1.54, 1.807) is 0 Å². The molecule has 0 fully saturated rings. The largest absolute Gasteiger partial charge is 0.480 e. The summed E-state index contributed by atoms with van der Waals surface area (Å²) in [6.45, 7) is 0. The van der Waals surface area contributed by atoms with Gasteiger partial charge in [-0.05, 0) is 29.7 Å². The molecule has 0 aromatic heterocycles. The van der Waals surface area contributed by atoms with Crippen LogP contribution in [0.1, 0.15) is 23.5 Å². The first-order valence-corrected chi connectivity index (χ1v) is 7.32. The van der Waals surface area contributed by atoms with Gasteiger partial charge in [-0.1, -0.05) is 48.0 Å². The highest BCUT2D eigenvalue weighted by molar-refractivity contribution is 6.31. The van der Waals surface area contributed by atoms with E-state index in [0.29, 0.717) is 11.4 Å². The first-order chi connectivity index (χ1) is 10.1. The molecule has 2 aromatic rings. The van der Waals surface area contributed by atoms with Crippen molar-refractivity contribution < 1.29 is 9.90 Å². The molecule has 1 N–H and O–H groups in total. The SMILES string of the molecule is O=C(O)C1CC(c2ccccc2Cl)c2ccccc2N1Cl. The Morgan fingerprint density at radius 3 is 2.38 bits per heavy atom. The molecule has 0 saturated carbocycles. The standard InChI is InChI=1S/C16H13Cl2NO2/c17-13-7-3-1-5-10(13)12-9-15(16(20)21)19(18)14-8-4-2-6-11(12)14/h1-8,12,15H,9H2,(H,20,21). The molecule has 2 unspecified atom stereocenters. The molecule has 2 atom stereocenters. The second kappa shape index (κ2) is 5.58. The molecule has 1 aliphatic rings. The van der Waals surface area contributed by atoms with E-state index in [0.717, 1.165) is 16.8 Å².